The van der Waals surface area contributed by atoms with E-state index >= 15 is 0 Å². The Morgan fingerprint density at radius 2 is 1.95 bits per heavy atom. The zero-order chi connectivity index (χ0) is 27.5. The molecule has 39 heavy (non-hydrogen) atoms. The van der Waals surface area contributed by atoms with Gasteiger partial charge in [0.2, 0.25) is 11.9 Å². The highest BCUT2D eigenvalue weighted by molar-refractivity contribution is 6.01. The van der Waals surface area contributed by atoms with Gasteiger partial charge in [-0.15, -0.1) is 0 Å². The molecule has 0 aliphatic carbocycles. The van der Waals surface area contributed by atoms with Gasteiger partial charge in [-0.25, -0.2) is 14.7 Å². The number of nitrogens with zero attached hydrogens (tertiary/aromatic N) is 5. The van der Waals surface area contributed by atoms with Crippen LogP contribution in [0.2, 0.25) is 0 Å². The number of hydrogen-bond donors (Lipinski definition) is 2. The summed E-state index contributed by atoms with van der Waals surface area (Å²) < 4.78 is 11.2. The number of piperazine rings is 1. The fourth-order valence-electron chi connectivity index (χ4n) is 4.57. The number of likely N-dealkylation sites (N-methyl/N-ethyl adjacent to an activating group) is 1. The molecule has 2 aromatic carbocycles. The first-order valence-corrected chi connectivity index (χ1v) is 12.7. The van der Waals surface area contributed by atoms with Crippen molar-refractivity contribution >= 4 is 46.5 Å². The predicted molar refractivity (Wildman–Crippen MR) is 150 cm³/mol. The third-order valence-corrected chi connectivity index (χ3v) is 6.76. The molecule has 2 N–H and O–H groups in total. The smallest absolute Gasteiger partial charge is 0.420 e. The van der Waals surface area contributed by atoms with Crippen molar-refractivity contribution in [2.24, 2.45) is 0 Å². The van der Waals surface area contributed by atoms with Crippen LogP contribution in [0, 0.1) is 0 Å². The van der Waals surface area contributed by atoms with Gasteiger partial charge in [-0.05, 0) is 50.4 Å². The summed E-state index contributed by atoms with van der Waals surface area (Å²) in [6.45, 7) is 9.15. The van der Waals surface area contributed by atoms with Gasteiger partial charge in [0.05, 0.1) is 24.0 Å². The lowest BCUT2D eigenvalue weighted by atomic mass is 10.1. The normalized spacial score (nSPS) is 17.2. The number of anilines is 6. The fourth-order valence-corrected chi connectivity index (χ4v) is 4.57. The lowest BCUT2D eigenvalue weighted by Crippen LogP contribution is -2.44. The second kappa shape index (κ2) is 11.0. The van der Waals surface area contributed by atoms with Crippen LogP contribution in [0.1, 0.15) is 18.6 Å². The Bertz CT molecular complexity index is 1400. The number of carbonyl (C=O) groups excluding carboxylic acids is 2. The lowest BCUT2D eigenvalue weighted by Gasteiger charge is -2.34. The number of benzene rings is 2. The van der Waals surface area contributed by atoms with Crippen molar-refractivity contribution in [3.05, 3.63) is 66.9 Å². The van der Waals surface area contributed by atoms with Crippen molar-refractivity contribution in [1.29, 1.82) is 0 Å². The van der Waals surface area contributed by atoms with Crippen LogP contribution in [0.4, 0.5) is 39.3 Å². The molecule has 11 heteroatoms. The van der Waals surface area contributed by atoms with E-state index < -0.39 is 12.2 Å². The standard InChI is InChI=1S/C28H31N7O4/c1-5-25(36)30-19-7-6-8-21(15-19)35-26-22(18(2)39-28(35)37)17-29-27(32-26)31-23-10-9-20(16-24(23)38-4)34-13-11-33(3)12-14-34/h5-10,15-18H,1,11-14H2,2-4H3,(H,30,36)(H,29,31,32)/t18-/m1/s1. The quantitative estimate of drug-likeness (QED) is 0.429. The highest BCUT2D eigenvalue weighted by atomic mass is 16.6. The summed E-state index contributed by atoms with van der Waals surface area (Å²) in [7, 11) is 3.75. The molecule has 0 radical (unpaired) electrons. The van der Waals surface area contributed by atoms with Gasteiger partial charge in [-0.1, -0.05) is 12.6 Å². The molecule has 202 valence electrons. The van der Waals surface area contributed by atoms with Gasteiger partial charge >= 0.3 is 6.09 Å². The van der Waals surface area contributed by atoms with E-state index in [9.17, 15) is 9.59 Å². The van der Waals surface area contributed by atoms with Gasteiger partial charge in [-0.3, -0.25) is 4.79 Å². The summed E-state index contributed by atoms with van der Waals surface area (Å²) in [6.07, 6.45) is 1.71. The highest BCUT2D eigenvalue weighted by Crippen LogP contribution is 2.39. The molecule has 0 unspecified atom stereocenters. The molecule has 2 aliphatic heterocycles. The average molecular weight is 530 g/mol. The van der Waals surface area contributed by atoms with Gasteiger partial charge in [0.15, 0.2) is 5.82 Å². The average Bonchev–Trinajstić information content (AvgIpc) is 2.94. The largest absolute Gasteiger partial charge is 0.494 e. The van der Waals surface area contributed by atoms with E-state index in [2.05, 4.69) is 39.0 Å². The Labute approximate surface area is 227 Å². The van der Waals surface area contributed by atoms with Crippen LogP contribution in [0.3, 0.4) is 0 Å². The second-order valence-corrected chi connectivity index (χ2v) is 9.38. The van der Waals surface area contributed by atoms with Gasteiger partial charge in [-0.2, -0.15) is 4.98 Å². The van der Waals surface area contributed by atoms with E-state index in [1.54, 1.807) is 44.5 Å². The van der Waals surface area contributed by atoms with Crippen LogP contribution in [-0.4, -0.2) is 67.2 Å². The number of amides is 2. The molecule has 5 rings (SSSR count). The van der Waals surface area contributed by atoms with Crippen molar-refractivity contribution < 1.29 is 19.1 Å². The number of methoxy groups -OCH3 is 1. The molecule has 1 fully saturated rings. The predicted octanol–water partition coefficient (Wildman–Crippen LogP) is 4.45. The highest BCUT2D eigenvalue weighted by Gasteiger charge is 2.34. The molecule has 2 aliphatic rings. The first-order valence-electron chi connectivity index (χ1n) is 12.7. The maximum atomic E-state index is 13.0. The second-order valence-electron chi connectivity index (χ2n) is 9.38. The first-order chi connectivity index (χ1) is 18.9. The first kappa shape index (κ1) is 26.0. The van der Waals surface area contributed by atoms with Crippen molar-refractivity contribution in [3.8, 4) is 5.75 Å². The van der Waals surface area contributed by atoms with E-state index in [1.807, 2.05) is 18.2 Å². The van der Waals surface area contributed by atoms with Crippen LogP contribution in [-0.2, 0) is 9.53 Å². The Morgan fingerprint density at radius 1 is 1.15 bits per heavy atom. The van der Waals surface area contributed by atoms with Gasteiger partial charge in [0, 0.05) is 49.8 Å². The maximum Gasteiger partial charge on any atom is 0.420 e. The molecular formula is C28H31N7O4. The minimum Gasteiger partial charge on any atom is -0.494 e. The molecule has 3 heterocycles. The maximum absolute atomic E-state index is 13.0. The Balaban J connectivity index is 1.44. The number of fused-ring (bicyclic) bond motifs is 1. The van der Waals surface area contributed by atoms with Crippen LogP contribution in [0.5, 0.6) is 5.75 Å². The van der Waals surface area contributed by atoms with E-state index in [0.717, 1.165) is 31.9 Å². The third kappa shape index (κ3) is 5.48. The number of rotatable bonds is 7. The number of nitrogens with one attached hydrogen (secondary N) is 2. The van der Waals surface area contributed by atoms with E-state index in [4.69, 9.17) is 14.5 Å². The van der Waals surface area contributed by atoms with Crippen molar-refractivity contribution in [1.82, 2.24) is 14.9 Å². The third-order valence-electron chi connectivity index (χ3n) is 6.76. The molecule has 0 spiro atoms. The summed E-state index contributed by atoms with van der Waals surface area (Å²) in [4.78, 5) is 40.0. The summed E-state index contributed by atoms with van der Waals surface area (Å²) in [5.74, 6) is 0.978. The molecule has 1 atom stereocenters. The summed E-state index contributed by atoms with van der Waals surface area (Å²) in [5.41, 5.74) is 3.42. The van der Waals surface area contributed by atoms with Crippen LogP contribution >= 0.6 is 0 Å². The van der Waals surface area contributed by atoms with Gasteiger partial charge in [0.1, 0.15) is 11.9 Å². The van der Waals surface area contributed by atoms with Crippen molar-refractivity contribution in [2.45, 2.75) is 13.0 Å². The molecular weight excluding hydrogens is 498 g/mol. The summed E-state index contributed by atoms with van der Waals surface area (Å²) in [5, 5.41) is 5.94. The topological polar surface area (TPSA) is 112 Å². The number of ether oxygens (including phenoxy) is 2. The van der Waals surface area contributed by atoms with E-state index in [0.29, 0.717) is 40.1 Å². The monoisotopic (exact) mass is 529 g/mol. The number of aromatic nitrogens is 2. The Morgan fingerprint density at radius 3 is 2.69 bits per heavy atom. The fraction of sp³-hybridized carbons (Fsp3) is 0.286. The summed E-state index contributed by atoms with van der Waals surface area (Å²) >= 11 is 0. The zero-order valence-corrected chi connectivity index (χ0v) is 22.2. The number of hydrogen-bond acceptors (Lipinski definition) is 9. The molecule has 2 amide bonds. The zero-order valence-electron chi connectivity index (χ0n) is 22.2. The summed E-state index contributed by atoms with van der Waals surface area (Å²) in [6, 6.07) is 12.8. The molecule has 1 saturated heterocycles. The minimum atomic E-state index is -0.582. The lowest BCUT2D eigenvalue weighted by molar-refractivity contribution is -0.111. The SMILES string of the molecule is C=CC(=O)Nc1cccc(N2C(=O)O[C@H](C)c3cnc(Nc4ccc(N5CCN(C)CC5)cc4OC)nc32)c1. The number of carbonyl (C=O) groups is 2. The molecule has 0 saturated carbocycles. The number of cyclic esters (lactones) is 1. The molecule has 3 aromatic rings. The van der Waals surface area contributed by atoms with Crippen LogP contribution < -0.4 is 25.2 Å². The Hall–Kier alpha value is -4.64. The molecule has 11 nitrogen and oxygen atoms in total. The van der Waals surface area contributed by atoms with Crippen molar-refractivity contribution in [3.63, 3.8) is 0 Å². The molecule has 0 bridgehead atoms. The molecule has 1 aromatic heterocycles. The van der Waals surface area contributed by atoms with E-state index in [1.165, 1.54) is 11.0 Å². The minimum absolute atomic E-state index is 0.294. The van der Waals surface area contributed by atoms with Gasteiger partial charge in [0.25, 0.3) is 0 Å². The van der Waals surface area contributed by atoms with Crippen LogP contribution in [0.25, 0.3) is 0 Å². The van der Waals surface area contributed by atoms with Gasteiger partial charge < -0.3 is 29.9 Å². The van der Waals surface area contributed by atoms with Crippen LogP contribution in [0.15, 0.2) is 61.3 Å². The Kier molecular flexibility index (Phi) is 7.33. The van der Waals surface area contributed by atoms with Crippen molar-refractivity contribution in [2.75, 3.05) is 60.8 Å². The van der Waals surface area contributed by atoms with E-state index in [-0.39, 0.29) is 5.91 Å².